The topological polar surface area (TPSA) is 46.5 Å². The quantitative estimate of drug-likeness (QED) is 0.584. The van der Waals surface area contributed by atoms with Gasteiger partial charge in [-0.15, -0.1) is 0 Å². The van der Waals surface area contributed by atoms with Crippen LogP contribution in [0.15, 0.2) is 11.3 Å². The van der Waals surface area contributed by atoms with Gasteiger partial charge in [-0.2, -0.15) is 0 Å². The van der Waals surface area contributed by atoms with E-state index in [2.05, 4.69) is 0 Å². The van der Waals surface area contributed by atoms with Gasteiger partial charge in [0.1, 0.15) is 6.10 Å². The molecule has 1 rings (SSSR count). The van der Waals surface area contributed by atoms with Gasteiger partial charge >= 0.3 is 5.97 Å². The first-order chi connectivity index (χ1) is 5.04. The number of carbonyl (C=O) groups excluding carboxylic acids is 1. The molecule has 0 unspecified atom stereocenters. The van der Waals surface area contributed by atoms with Gasteiger partial charge in [-0.3, -0.25) is 0 Å². The summed E-state index contributed by atoms with van der Waals surface area (Å²) in [5.74, 6) is -0.589. The molecule has 0 aromatic rings. The zero-order chi connectivity index (χ0) is 8.59. The number of ether oxygens (including phenoxy) is 1. The van der Waals surface area contributed by atoms with Crippen molar-refractivity contribution >= 4 is 5.97 Å². The van der Waals surface area contributed by atoms with Crippen molar-refractivity contribution in [2.45, 2.75) is 26.9 Å². The molecule has 3 nitrogen and oxygen atoms in total. The van der Waals surface area contributed by atoms with E-state index in [1.807, 2.05) is 13.8 Å². The smallest absolute Gasteiger partial charge is 0.374 e. The molecule has 0 spiro atoms. The van der Waals surface area contributed by atoms with E-state index < -0.39 is 5.97 Å². The zero-order valence-electron chi connectivity index (χ0n) is 6.92. The Hall–Kier alpha value is -0.990. The van der Waals surface area contributed by atoms with Gasteiger partial charge in [-0.25, -0.2) is 4.79 Å². The van der Waals surface area contributed by atoms with Crippen molar-refractivity contribution in [2.24, 2.45) is 5.92 Å². The lowest BCUT2D eigenvalue weighted by Gasteiger charge is -2.13. The molecule has 0 radical (unpaired) electrons. The minimum atomic E-state index is -0.596. The van der Waals surface area contributed by atoms with Gasteiger partial charge in [0, 0.05) is 5.57 Å². The molecule has 0 bridgehead atoms. The summed E-state index contributed by atoms with van der Waals surface area (Å²) in [6.07, 6.45) is -0.234. The normalized spacial score (nSPS) is 24.7. The number of hydrogen-bond donors (Lipinski definition) is 1. The van der Waals surface area contributed by atoms with Crippen LogP contribution in [0, 0.1) is 5.92 Å². The molecular weight excluding hydrogens is 144 g/mol. The molecule has 62 valence electrons. The first-order valence-electron chi connectivity index (χ1n) is 3.64. The summed E-state index contributed by atoms with van der Waals surface area (Å²) in [4.78, 5) is 10.8. The van der Waals surface area contributed by atoms with E-state index >= 15 is 0 Å². The van der Waals surface area contributed by atoms with Crippen molar-refractivity contribution in [3.63, 3.8) is 0 Å². The van der Waals surface area contributed by atoms with Gasteiger partial charge in [0.25, 0.3) is 0 Å². The summed E-state index contributed by atoms with van der Waals surface area (Å²) in [6.45, 7) is 5.60. The van der Waals surface area contributed by atoms with Crippen LogP contribution in [0.4, 0.5) is 0 Å². The molecule has 0 amide bonds. The summed E-state index contributed by atoms with van der Waals surface area (Å²) in [7, 11) is 0. The van der Waals surface area contributed by atoms with Crippen LogP contribution in [0.3, 0.4) is 0 Å². The average Bonchev–Trinajstić information content (AvgIpc) is 2.17. The van der Waals surface area contributed by atoms with Gasteiger partial charge < -0.3 is 9.84 Å². The van der Waals surface area contributed by atoms with E-state index in [1.54, 1.807) is 6.92 Å². The molecule has 11 heavy (non-hydrogen) atoms. The molecule has 0 aliphatic carbocycles. The standard InChI is InChI=1S/C8H12O3/c1-4(2)7-5(3)6(9)8(10)11-7/h4,7,9H,1-3H3/t7-/m0/s1. The van der Waals surface area contributed by atoms with E-state index in [0.29, 0.717) is 5.57 Å². The highest BCUT2D eigenvalue weighted by molar-refractivity contribution is 5.89. The fraction of sp³-hybridized carbons (Fsp3) is 0.625. The van der Waals surface area contributed by atoms with Gasteiger partial charge in [0.2, 0.25) is 5.76 Å². The van der Waals surface area contributed by atoms with Crippen molar-refractivity contribution in [3.8, 4) is 0 Å². The first kappa shape index (κ1) is 8.11. The molecular formula is C8H12O3. The molecule has 1 atom stereocenters. The summed E-state index contributed by atoms with van der Waals surface area (Å²) < 4.78 is 4.88. The van der Waals surface area contributed by atoms with E-state index in [-0.39, 0.29) is 17.8 Å². The van der Waals surface area contributed by atoms with Crippen molar-refractivity contribution < 1.29 is 14.6 Å². The second-order valence-electron chi connectivity index (χ2n) is 3.10. The molecule has 0 saturated heterocycles. The maximum atomic E-state index is 10.8. The highest BCUT2D eigenvalue weighted by atomic mass is 16.6. The number of aliphatic hydroxyl groups excluding tert-OH is 1. The van der Waals surface area contributed by atoms with E-state index in [0.717, 1.165) is 0 Å². The van der Waals surface area contributed by atoms with Crippen LogP contribution in [0.25, 0.3) is 0 Å². The molecule has 1 N–H and O–H groups in total. The Morgan fingerprint density at radius 2 is 2.09 bits per heavy atom. The van der Waals surface area contributed by atoms with Crippen LogP contribution < -0.4 is 0 Å². The highest BCUT2D eigenvalue weighted by Gasteiger charge is 2.32. The Labute approximate surface area is 65.7 Å². The minimum absolute atomic E-state index is 0.219. The molecule has 0 fully saturated rings. The Morgan fingerprint density at radius 3 is 2.27 bits per heavy atom. The lowest BCUT2D eigenvalue weighted by atomic mass is 10.0. The Balaban J connectivity index is 2.86. The van der Waals surface area contributed by atoms with E-state index in [4.69, 9.17) is 9.84 Å². The second kappa shape index (κ2) is 2.57. The summed E-state index contributed by atoms with van der Waals surface area (Å²) in [5.41, 5.74) is 0.644. The summed E-state index contributed by atoms with van der Waals surface area (Å²) in [5, 5.41) is 9.09. The van der Waals surface area contributed by atoms with Crippen LogP contribution >= 0.6 is 0 Å². The monoisotopic (exact) mass is 156 g/mol. The number of esters is 1. The Bertz CT molecular complexity index is 215. The lowest BCUT2D eigenvalue weighted by Crippen LogP contribution is -2.17. The lowest BCUT2D eigenvalue weighted by molar-refractivity contribution is -0.143. The Kier molecular flexibility index (Phi) is 1.89. The highest BCUT2D eigenvalue weighted by Crippen LogP contribution is 2.25. The number of carbonyl (C=O) groups is 1. The number of cyclic esters (lactones) is 1. The minimum Gasteiger partial charge on any atom is -0.502 e. The van der Waals surface area contributed by atoms with Crippen LogP contribution in [-0.2, 0) is 9.53 Å². The van der Waals surface area contributed by atoms with Crippen molar-refractivity contribution in [2.75, 3.05) is 0 Å². The Morgan fingerprint density at radius 1 is 1.55 bits per heavy atom. The SMILES string of the molecule is CC1=C(O)C(=O)O[C@H]1C(C)C. The van der Waals surface area contributed by atoms with E-state index in [1.165, 1.54) is 0 Å². The number of hydrogen-bond acceptors (Lipinski definition) is 3. The fourth-order valence-corrected chi connectivity index (χ4v) is 1.19. The third-order valence-electron chi connectivity index (χ3n) is 1.83. The maximum absolute atomic E-state index is 10.8. The van der Waals surface area contributed by atoms with Crippen LogP contribution in [0.1, 0.15) is 20.8 Å². The molecule has 0 aromatic carbocycles. The van der Waals surface area contributed by atoms with Crippen LogP contribution in [-0.4, -0.2) is 17.2 Å². The molecule has 1 heterocycles. The summed E-state index contributed by atoms with van der Waals surface area (Å²) in [6, 6.07) is 0. The average molecular weight is 156 g/mol. The van der Waals surface area contributed by atoms with E-state index in [9.17, 15) is 4.79 Å². The van der Waals surface area contributed by atoms with Gasteiger partial charge in [-0.05, 0) is 12.8 Å². The van der Waals surface area contributed by atoms with Crippen LogP contribution in [0.2, 0.25) is 0 Å². The summed E-state index contributed by atoms with van der Waals surface area (Å²) >= 11 is 0. The maximum Gasteiger partial charge on any atom is 0.374 e. The second-order valence-corrected chi connectivity index (χ2v) is 3.10. The third-order valence-corrected chi connectivity index (χ3v) is 1.83. The molecule has 3 heteroatoms. The fourth-order valence-electron chi connectivity index (χ4n) is 1.19. The van der Waals surface area contributed by atoms with Crippen LogP contribution in [0.5, 0.6) is 0 Å². The third kappa shape index (κ3) is 1.23. The largest absolute Gasteiger partial charge is 0.502 e. The predicted octanol–water partition coefficient (Wildman–Crippen LogP) is 1.40. The zero-order valence-corrected chi connectivity index (χ0v) is 6.92. The van der Waals surface area contributed by atoms with Gasteiger partial charge in [0.15, 0.2) is 0 Å². The molecule has 0 saturated carbocycles. The predicted molar refractivity (Wildman–Crippen MR) is 40.0 cm³/mol. The van der Waals surface area contributed by atoms with Crippen molar-refractivity contribution in [3.05, 3.63) is 11.3 Å². The molecule has 1 aliphatic rings. The number of aliphatic hydroxyl groups is 1. The molecule has 1 aliphatic heterocycles. The molecule has 0 aromatic heterocycles. The van der Waals surface area contributed by atoms with Gasteiger partial charge in [0.05, 0.1) is 0 Å². The first-order valence-corrected chi connectivity index (χ1v) is 3.64. The van der Waals surface area contributed by atoms with Gasteiger partial charge in [-0.1, -0.05) is 13.8 Å². The number of rotatable bonds is 1. The van der Waals surface area contributed by atoms with Crippen molar-refractivity contribution in [1.82, 2.24) is 0 Å². The van der Waals surface area contributed by atoms with Crippen molar-refractivity contribution in [1.29, 1.82) is 0 Å².